The molecule has 0 aliphatic carbocycles. The molecule has 1 fully saturated rings. The van der Waals surface area contributed by atoms with Gasteiger partial charge < -0.3 is 15.0 Å². The number of aromatic amines is 1. The second-order valence-corrected chi connectivity index (χ2v) is 6.32. The lowest BCUT2D eigenvalue weighted by Crippen LogP contribution is -2.36. The van der Waals surface area contributed by atoms with Gasteiger partial charge in [-0.05, 0) is 49.8 Å². The molecule has 0 atom stereocenters. The van der Waals surface area contributed by atoms with Crippen LogP contribution in [-0.2, 0) is 6.42 Å². The molecule has 3 heterocycles. The van der Waals surface area contributed by atoms with Crippen LogP contribution in [0.3, 0.4) is 0 Å². The summed E-state index contributed by atoms with van der Waals surface area (Å²) in [5.74, 6) is 0.170. The highest BCUT2D eigenvalue weighted by molar-refractivity contribution is 5.93. The molecule has 126 valence electrons. The van der Waals surface area contributed by atoms with Crippen LogP contribution in [0.2, 0.25) is 0 Å². The molecule has 2 aromatic heterocycles. The van der Waals surface area contributed by atoms with E-state index < -0.39 is 5.97 Å². The van der Waals surface area contributed by atoms with Gasteiger partial charge in [0.2, 0.25) is 5.56 Å². The Balaban J connectivity index is 1.67. The van der Waals surface area contributed by atoms with Crippen LogP contribution in [0.15, 0.2) is 35.3 Å². The number of carboxylic acids is 1. The van der Waals surface area contributed by atoms with E-state index in [0.717, 1.165) is 43.6 Å². The van der Waals surface area contributed by atoms with Crippen LogP contribution in [0.4, 0.5) is 5.82 Å². The normalized spacial score (nSPS) is 15.5. The smallest absolute Gasteiger partial charge is 0.339 e. The molecule has 0 amide bonds. The van der Waals surface area contributed by atoms with Crippen molar-refractivity contribution < 1.29 is 9.90 Å². The van der Waals surface area contributed by atoms with Crippen molar-refractivity contribution in [2.75, 3.05) is 18.0 Å². The summed E-state index contributed by atoms with van der Waals surface area (Å²) in [4.78, 5) is 31.7. The van der Waals surface area contributed by atoms with E-state index in [4.69, 9.17) is 0 Å². The molecule has 0 aromatic carbocycles. The van der Waals surface area contributed by atoms with Crippen LogP contribution in [-0.4, -0.2) is 34.1 Å². The maximum atomic E-state index is 11.4. The molecule has 0 radical (unpaired) electrons. The number of nitrogens with one attached hydrogen (secondary N) is 1. The number of pyridine rings is 2. The minimum absolute atomic E-state index is 0.0831. The fraction of sp³-hybridized carbons (Fsp3) is 0.389. The Labute approximate surface area is 140 Å². The Hall–Kier alpha value is -2.63. The molecule has 0 bridgehead atoms. The summed E-state index contributed by atoms with van der Waals surface area (Å²) in [6, 6.07) is 6.79. The van der Waals surface area contributed by atoms with Gasteiger partial charge in [-0.25, -0.2) is 9.78 Å². The molecule has 24 heavy (non-hydrogen) atoms. The van der Waals surface area contributed by atoms with Gasteiger partial charge in [0.1, 0.15) is 11.4 Å². The van der Waals surface area contributed by atoms with Gasteiger partial charge >= 0.3 is 5.97 Å². The zero-order chi connectivity index (χ0) is 17.1. The molecule has 6 heteroatoms. The van der Waals surface area contributed by atoms with Crippen molar-refractivity contribution in [2.24, 2.45) is 5.92 Å². The third-order valence-corrected chi connectivity index (χ3v) is 4.53. The SMILES string of the molecule is Cc1ccc(C(=O)O)c(N2CCC(Cc3ccc(=O)[nH]c3)CC2)n1. The number of nitrogens with zero attached hydrogens (tertiary/aromatic N) is 2. The fourth-order valence-corrected chi connectivity index (χ4v) is 3.20. The van der Waals surface area contributed by atoms with Crippen LogP contribution in [0.1, 0.15) is 34.5 Å². The van der Waals surface area contributed by atoms with E-state index in [1.54, 1.807) is 24.4 Å². The van der Waals surface area contributed by atoms with Gasteiger partial charge in [0.15, 0.2) is 0 Å². The molecule has 1 aliphatic rings. The standard InChI is InChI=1S/C18H21N3O3/c1-12-2-4-15(18(23)24)17(20-12)21-8-6-13(7-9-21)10-14-3-5-16(22)19-11-14/h2-5,11,13H,6-10H2,1H3,(H,19,22)(H,23,24). The van der Waals surface area contributed by atoms with E-state index >= 15 is 0 Å². The molecule has 0 unspecified atom stereocenters. The monoisotopic (exact) mass is 327 g/mol. The number of aromatic carboxylic acids is 1. The number of aryl methyl sites for hydroxylation is 1. The van der Waals surface area contributed by atoms with E-state index in [2.05, 4.69) is 14.9 Å². The lowest BCUT2D eigenvalue weighted by molar-refractivity contribution is 0.0697. The van der Waals surface area contributed by atoms with Crippen LogP contribution in [0.25, 0.3) is 0 Å². The second-order valence-electron chi connectivity index (χ2n) is 6.32. The summed E-state index contributed by atoms with van der Waals surface area (Å²) in [6.07, 6.45) is 4.67. The third kappa shape index (κ3) is 3.64. The number of hydrogen-bond donors (Lipinski definition) is 2. The van der Waals surface area contributed by atoms with Gasteiger partial charge in [0.25, 0.3) is 0 Å². The third-order valence-electron chi connectivity index (χ3n) is 4.53. The van der Waals surface area contributed by atoms with Crippen LogP contribution >= 0.6 is 0 Å². The number of H-pyrrole nitrogens is 1. The first-order chi connectivity index (χ1) is 11.5. The maximum Gasteiger partial charge on any atom is 0.339 e. The molecule has 0 saturated carbocycles. The van der Waals surface area contributed by atoms with Gasteiger partial charge in [-0.1, -0.05) is 6.07 Å². The molecule has 1 aliphatic heterocycles. The topological polar surface area (TPSA) is 86.3 Å². The molecular weight excluding hydrogens is 306 g/mol. The number of rotatable bonds is 4. The predicted octanol–water partition coefficient (Wildman–Crippen LogP) is 2.24. The minimum atomic E-state index is -0.937. The van der Waals surface area contributed by atoms with Crippen molar-refractivity contribution in [3.05, 3.63) is 57.6 Å². The summed E-state index contributed by atoms with van der Waals surface area (Å²) < 4.78 is 0. The second kappa shape index (κ2) is 6.86. The largest absolute Gasteiger partial charge is 0.478 e. The number of anilines is 1. The zero-order valence-corrected chi connectivity index (χ0v) is 13.7. The predicted molar refractivity (Wildman–Crippen MR) is 91.6 cm³/mol. The highest BCUT2D eigenvalue weighted by Gasteiger charge is 2.24. The number of carbonyl (C=O) groups is 1. The summed E-state index contributed by atoms with van der Waals surface area (Å²) >= 11 is 0. The lowest BCUT2D eigenvalue weighted by Gasteiger charge is -2.33. The first-order valence-electron chi connectivity index (χ1n) is 8.16. The van der Waals surface area contributed by atoms with Crippen molar-refractivity contribution in [3.63, 3.8) is 0 Å². The fourth-order valence-electron chi connectivity index (χ4n) is 3.20. The summed E-state index contributed by atoms with van der Waals surface area (Å²) in [5, 5.41) is 9.36. The Morgan fingerprint density at radius 1 is 1.29 bits per heavy atom. The van der Waals surface area contributed by atoms with Crippen molar-refractivity contribution in [2.45, 2.75) is 26.2 Å². The number of hydrogen-bond acceptors (Lipinski definition) is 4. The van der Waals surface area contributed by atoms with Gasteiger partial charge in [-0.2, -0.15) is 0 Å². The molecule has 1 saturated heterocycles. The Morgan fingerprint density at radius 3 is 2.67 bits per heavy atom. The first kappa shape index (κ1) is 16.2. The van der Waals surface area contributed by atoms with E-state index in [1.807, 2.05) is 13.0 Å². The summed E-state index contributed by atoms with van der Waals surface area (Å²) in [7, 11) is 0. The van der Waals surface area contributed by atoms with E-state index in [1.165, 1.54) is 0 Å². The van der Waals surface area contributed by atoms with Crippen LogP contribution in [0.5, 0.6) is 0 Å². The number of aromatic nitrogens is 2. The Kier molecular flexibility index (Phi) is 4.64. The van der Waals surface area contributed by atoms with Crippen molar-refractivity contribution in [3.8, 4) is 0 Å². The van der Waals surface area contributed by atoms with Crippen molar-refractivity contribution in [1.29, 1.82) is 0 Å². The van der Waals surface area contributed by atoms with Crippen LogP contribution < -0.4 is 10.5 Å². The lowest BCUT2D eigenvalue weighted by atomic mass is 9.90. The minimum Gasteiger partial charge on any atom is -0.478 e. The van der Waals surface area contributed by atoms with Gasteiger partial charge in [0, 0.05) is 31.0 Å². The summed E-state index contributed by atoms with van der Waals surface area (Å²) in [5.41, 5.74) is 2.14. The Morgan fingerprint density at radius 2 is 2.04 bits per heavy atom. The van der Waals surface area contributed by atoms with Crippen molar-refractivity contribution >= 4 is 11.8 Å². The quantitative estimate of drug-likeness (QED) is 0.899. The van der Waals surface area contributed by atoms with E-state index in [0.29, 0.717) is 11.7 Å². The van der Waals surface area contributed by atoms with E-state index in [-0.39, 0.29) is 11.1 Å². The summed E-state index contributed by atoms with van der Waals surface area (Å²) in [6.45, 7) is 3.47. The highest BCUT2D eigenvalue weighted by atomic mass is 16.4. The van der Waals surface area contributed by atoms with E-state index in [9.17, 15) is 14.7 Å². The molecule has 3 rings (SSSR count). The molecule has 2 aromatic rings. The van der Waals surface area contributed by atoms with Gasteiger partial charge in [-0.15, -0.1) is 0 Å². The first-order valence-corrected chi connectivity index (χ1v) is 8.16. The highest BCUT2D eigenvalue weighted by Crippen LogP contribution is 2.27. The van der Waals surface area contributed by atoms with Gasteiger partial charge in [-0.3, -0.25) is 4.79 Å². The number of piperidine rings is 1. The zero-order valence-electron chi connectivity index (χ0n) is 13.7. The number of carboxylic acid groups (broad SMARTS) is 1. The molecule has 0 spiro atoms. The average molecular weight is 327 g/mol. The average Bonchev–Trinajstić information content (AvgIpc) is 2.57. The molecule has 6 nitrogen and oxygen atoms in total. The molecular formula is C18H21N3O3. The van der Waals surface area contributed by atoms with Crippen molar-refractivity contribution in [1.82, 2.24) is 9.97 Å². The Bertz CT molecular complexity index is 772. The van der Waals surface area contributed by atoms with Gasteiger partial charge in [0.05, 0.1) is 0 Å². The molecule has 2 N–H and O–H groups in total. The van der Waals surface area contributed by atoms with Crippen LogP contribution in [0, 0.1) is 12.8 Å². The maximum absolute atomic E-state index is 11.4.